The maximum absolute atomic E-state index is 14.2. The number of carboxylic acid groups (broad SMARTS) is 1. The fourth-order valence-electron chi connectivity index (χ4n) is 6.59. The second-order valence-electron chi connectivity index (χ2n) is 15.3. The monoisotopic (exact) mass is 872 g/mol. The molecule has 0 fully saturated rings. The van der Waals surface area contributed by atoms with Gasteiger partial charge in [-0.05, 0) is 72.1 Å². The van der Waals surface area contributed by atoms with Crippen LogP contribution in [0.2, 0.25) is 0 Å². The molecule has 5 atom stereocenters. The van der Waals surface area contributed by atoms with Crippen molar-refractivity contribution in [3.63, 3.8) is 0 Å². The van der Waals surface area contributed by atoms with Crippen LogP contribution >= 0.6 is 11.8 Å². The van der Waals surface area contributed by atoms with Gasteiger partial charge in [0.2, 0.25) is 35.4 Å². The number of aliphatic carboxylic acids is 1. The molecule has 0 aliphatic heterocycles. The van der Waals surface area contributed by atoms with E-state index in [2.05, 4.69) is 36.9 Å². The molecule has 332 valence electrons. The molecule has 4 rings (SSSR count). The van der Waals surface area contributed by atoms with E-state index in [1.807, 2.05) is 44.4 Å². The lowest BCUT2D eigenvalue weighted by Crippen LogP contribution is -2.58. The number of carbonyl (C=O) groups is 7. The summed E-state index contributed by atoms with van der Waals surface area (Å²) in [6.07, 6.45) is 4.04. The number of hydrogen-bond acceptors (Lipinski definition) is 10. The largest absolute Gasteiger partial charge is 0.508 e. The van der Waals surface area contributed by atoms with Gasteiger partial charge in [0.05, 0.1) is 19.1 Å². The van der Waals surface area contributed by atoms with Crippen LogP contribution in [0.3, 0.4) is 0 Å². The Morgan fingerprint density at radius 3 is 1.87 bits per heavy atom. The molecule has 17 nitrogen and oxygen atoms in total. The van der Waals surface area contributed by atoms with E-state index in [-0.39, 0.29) is 43.8 Å². The van der Waals surface area contributed by atoms with E-state index >= 15 is 0 Å². The van der Waals surface area contributed by atoms with Crippen molar-refractivity contribution in [1.82, 2.24) is 36.9 Å². The summed E-state index contributed by atoms with van der Waals surface area (Å²) in [5.74, 6) is -4.89. The Labute approximate surface area is 364 Å². The Kier molecular flexibility index (Phi) is 18.8. The number of H-pyrrole nitrogens is 1. The maximum atomic E-state index is 14.2. The summed E-state index contributed by atoms with van der Waals surface area (Å²) in [5.41, 5.74) is 8.96. The molecule has 11 N–H and O–H groups in total. The Bertz CT molecular complexity index is 2150. The van der Waals surface area contributed by atoms with E-state index in [0.29, 0.717) is 22.4 Å². The molecule has 0 aliphatic rings. The standard InChI is InChI=1S/C44H56N8O9S/c1-26(2)19-35(51-43(59)36(21-27-9-5-4-6-10-27)50-39(55)24-47-40(56)32(45)20-28-13-15-30(53)16-14-28)42(58)52-37(22-29-23-46-33-12-8-7-11-31(29)33)41(57)48-25-38(54)49-34(44(60)61)17-18-62-3/h4-16,23,26,32,34-37,46,53H,17-22,24-25,45H2,1-3H3,(H,47,56)(H,48,57)(H,49,54)(H,50,55)(H,51,59)(H,52,58)(H,60,61)/t32-,34-,35-,36-,37-/m0/s1. The summed E-state index contributed by atoms with van der Waals surface area (Å²) in [5, 5.41) is 35.5. The van der Waals surface area contributed by atoms with Gasteiger partial charge < -0.3 is 52.8 Å². The number of nitrogens with two attached hydrogens (primary N) is 1. The maximum Gasteiger partial charge on any atom is 0.326 e. The van der Waals surface area contributed by atoms with Gasteiger partial charge in [-0.25, -0.2) is 4.79 Å². The first-order valence-electron chi connectivity index (χ1n) is 20.2. The molecule has 0 radical (unpaired) electrons. The Balaban J connectivity index is 1.49. The van der Waals surface area contributed by atoms with Crippen molar-refractivity contribution in [3.8, 4) is 5.75 Å². The number of benzene rings is 3. The number of phenols is 1. The van der Waals surface area contributed by atoms with Crippen LogP contribution in [0.1, 0.15) is 43.4 Å². The first-order valence-corrected chi connectivity index (χ1v) is 21.6. The predicted molar refractivity (Wildman–Crippen MR) is 236 cm³/mol. The summed E-state index contributed by atoms with van der Waals surface area (Å²) in [4.78, 5) is 95.6. The van der Waals surface area contributed by atoms with Crippen LogP contribution in [-0.2, 0) is 52.8 Å². The molecule has 0 saturated carbocycles. The lowest BCUT2D eigenvalue weighted by atomic mass is 9.99. The molecule has 6 amide bonds. The number of aromatic nitrogens is 1. The summed E-state index contributed by atoms with van der Waals surface area (Å²) in [6.45, 7) is 2.65. The number of rotatable bonds is 24. The molecule has 4 aromatic rings. The number of amides is 6. The Hall–Kier alpha value is -6.40. The lowest BCUT2D eigenvalue weighted by molar-refractivity contribution is -0.141. The van der Waals surface area contributed by atoms with Crippen molar-refractivity contribution in [3.05, 3.63) is 102 Å². The molecule has 18 heteroatoms. The summed E-state index contributed by atoms with van der Waals surface area (Å²) in [7, 11) is 0. The number of carboxylic acids is 1. The van der Waals surface area contributed by atoms with Gasteiger partial charge in [0.1, 0.15) is 29.9 Å². The minimum absolute atomic E-state index is 0.00592. The number of thioether (sulfide) groups is 1. The number of hydrogen-bond donors (Lipinski definition) is 10. The average Bonchev–Trinajstić information content (AvgIpc) is 3.65. The molecule has 0 spiro atoms. The molecule has 0 unspecified atom stereocenters. The highest BCUT2D eigenvalue weighted by molar-refractivity contribution is 7.98. The number of carbonyl (C=O) groups excluding carboxylic acids is 6. The van der Waals surface area contributed by atoms with Crippen molar-refractivity contribution in [2.24, 2.45) is 11.7 Å². The van der Waals surface area contributed by atoms with Crippen LogP contribution in [-0.4, -0.2) is 112 Å². The molecule has 62 heavy (non-hydrogen) atoms. The molecule has 0 saturated heterocycles. The molecule has 0 aliphatic carbocycles. The Morgan fingerprint density at radius 1 is 0.661 bits per heavy atom. The topological polar surface area (TPSA) is 274 Å². The number of phenolic OH excluding ortho intramolecular Hbond substituents is 1. The van der Waals surface area contributed by atoms with Gasteiger partial charge in [-0.15, -0.1) is 0 Å². The van der Waals surface area contributed by atoms with Crippen molar-refractivity contribution < 1.29 is 43.8 Å². The van der Waals surface area contributed by atoms with Crippen molar-refractivity contribution in [2.75, 3.05) is 25.1 Å². The molecule has 1 heterocycles. The lowest BCUT2D eigenvalue weighted by Gasteiger charge is -2.26. The minimum Gasteiger partial charge on any atom is -0.508 e. The summed E-state index contributed by atoms with van der Waals surface area (Å²) >= 11 is 1.43. The zero-order chi connectivity index (χ0) is 45.2. The van der Waals surface area contributed by atoms with Crippen LogP contribution in [0.15, 0.2) is 85.1 Å². The molecule has 1 aromatic heterocycles. The molecular weight excluding hydrogens is 817 g/mol. The average molecular weight is 873 g/mol. The van der Waals surface area contributed by atoms with Crippen molar-refractivity contribution in [2.45, 2.75) is 76.2 Å². The summed E-state index contributed by atoms with van der Waals surface area (Å²) in [6, 6.07) is 16.7. The van der Waals surface area contributed by atoms with Crippen LogP contribution in [0.4, 0.5) is 0 Å². The highest BCUT2D eigenvalue weighted by Crippen LogP contribution is 2.20. The highest BCUT2D eigenvalue weighted by atomic mass is 32.2. The van der Waals surface area contributed by atoms with E-state index in [0.717, 1.165) is 10.9 Å². The van der Waals surface area contributed by atoms with Gasteiger partial charge in [-0.1, -0.05) is 74.5 Å². The molecule has 0 bridgehead atoms. The fourth-order valence-corrected chi connectivity index (χ4v) is 7.06. The normalized spacial score (nSPS) is 13.5. The fraction of sp³-hybridized carbons (Fsp3) is 0.386. The number of nitrogens with one attached hydrogen (secondary N) is 7. The zero-order valence-electron chi connectivity index (χ0n) is 34.9. The van der Waals surface area contributed by atoms with Crippen LogP contribution < -0.4 is 37.6 Å². The Morgan fingerprint density at radius 2 is 1.23 bits per heavy atom. The predicted octanol–water partition coefficient (Wildman–Crippen LogP) is 1.28. The van der Waals surface area contributed by atoms with E-state index in [4.69, 9.17) is 5.73 Å². The number of para-hydroxylation sites is 1. The van der Waals surface area contributed by atoms with Gasteiger partial charge in [0.25, 0.3) is 0 Å². The van der Waals surface area contributed by atoms with Gasteiger partial charge in [0.15, 0.2) is 0 Å². The quantitative estimate of drug-likeness (QED) is 0.0479. The van der Waals surface area contributed by atoms with Gasteiger partial charge in [0, 0.05) is 29.9 Å². The van der Waals surface area contributed by atoms with Crippen molar-refractivity contribution in [1.29, 1.82) is 0 Å². The van der Waals surface area contributed by atoms with Gasteiger partial charge >= 0.3 is 5.97 Å². The van der Waals surface area contributed by atoms with E-state index in [1.165, 1.54) is 23.9 Å². The van der Waals surface area contributed by atoms with E-state index in [9.17, 15) is 43.8 Å². The second kappa shape index (κ2) is 24.1. The van der Waals surface area contributed by atoms with Crippen molar-refractivity contribution >= 4 is 64.1 Å². The van der Waals surface area contributed by atoms with Gasteiger partial charge in [-0.2, -0.15) is 11.8 Å². The third-order valence-electron chi connectivity index (χ3n) is 9.83. The molecule has 3 aromatic carbocycles. The second-order valence-corrected chi connectivity index (χ2v) is 16.3. The van der Waals surface area contributed by atoms with E-state index in [1.54, 1.807) is 48.7 Å². The minimum atomic E-state index is -1.24. The molecular formula is C44H56N8O9S. The van der Waals surface area contributed by atoms with Crippen LogP contribution in [0.25, 0.3) is 10.9 Å². The van der Waals surface area contributed by atoms with Crippen LogP contribution in [0, 0.1) is 5.92 Å². The third kappa shape index (κ3) is 15.6. The van der Waals surface area contributed by atoms with Crippen LogP contribution in [0.5, 0.6) is 5.75 Å². The zero-order valence-corrected chi connectivity index (χ0v) is 35.8. The highest BCUT2D eigenvalue weighted by Gasteiger charge is 2.31. The number of aromatic hydroxyl groups is 1. The van der Waals surface area contributed by atoms with Gasteiger partial charge in [-0.3, -0.25) is 28.8 Å². The summed E-state index contributed by atoms with van der Waals surface area (Å²) < 4.78 is 0. The number of aromatic amines is 1. The van der Waals surface area contributed by atoms with E-state index < -0.39 is 84.7 Å². The first-order chi connectivity index (χ1) is 29.6. The SMILES string of the molecule is CSCC[C@H](NC(=O)CNC(=O)[C@H](Cc1c[nH]c2ccccc12)NC(=O)[C@H](CC(C)C)NC(=O)[C@H](Cc1ccccc1)NC(=O)CNC(=O)[C@@H](N)Cc1ccc(O)cc1)C(=O)O. The smallest absolute Gasteiger partial charge is 0.326 e. The first kappa shape index (κ1) is 48.3. The third-order valence-corrected chi connectivity index (χ3v) is 10.5. The number of fused-ring (bicyclic) bond motifs is 1.